The zero-order valence-electron chi connectivity index (χ0n) is 10.8. The number of methoxy groups -OCH3 is 1. The fourth-order valence-corrected chi connectivity index (χ4v) is 1.61. The van der Waals surface area contributed by atoms with Crippen LogP contribution in [0.15, 0.2) is 18.2 Å². The highest BCUT2D eigenvalue weighted by atomic mass is 16.5. The normalized spacial score (nSPS) is 11.7. The molecule has 19 heavy (non-hydrogen) atoms. The first-order chi connectivity index (χ1) is 8.99. The Morgan fingerprint density at radius 3 is 2.58 bits per heavy atom. The molecule has 104 valence electrons. The summed E-state index contributed by atoms with van der Waals surface area (Å²) in [5.74, 6) is -1.56. The van der Waals surface area contributed by atoms with Gasteiger partial charge in [-0.05, 0) is 18.6 Å². The molecule has 0 spiro atoms. The van der Waals surface area contributed by atoms with Crippen molar-refractivity contribution >= 4 is 11.9 Å². The van der Waals surface area contributed by atoms with Crippen molar-refractivity contribution in [3.8, 4) is 11.5 Å². The van der Waals surface area contributed by atoms with E-state index in [4.69, 9.17) is 9.84 Å². The molecular formula is C13H17NO5. The minimum Gasteiger partial charge on any atom is -0.507 e. The summed E-state index contributed by atoms with van der Waals surface area (Å²) in [6, 6.07) is 3.24. The fourth-order valence-electron chi connectivity index (χ4n) is 1.61. The first-order valence-corrected chi connectivity index (χ1v) is 5.90. The van der Waals surface area contributed by atoms with Gasteiger partial charge in [0.2, 0.25) is 0 Å². The van der Waals surface area contributed by atoms with Gasteiger partial charge < -0.3 is 20.3 Å². The summed E-state index contributed by atoms with van der Waals surface area (Å²) < 4.78 is 4.90. The van der Waals surface area contributed by atoms with Gasteiger partial charge in [0.1, 0.15) is 17.5 Å². The maximum absolute atomic E-state index is 11.9. The molecule has 6 heteroatoms. The van der Waals surface area contributed by atoms with Crippen LogP contribution in [0.5, 0.6) is 11.5 Å². The molecule has 1 aromatic rings. The molecule has 1 atom stereocenters. The van der Waals surface area contributed by atoms with Gasteiger partial charge in [-0.25, -0.2) is 4.79 Å². The van der Waals surface area contributed by atoms with Crippen molar-refractivity contribution in [1.82, 2.24) is 5.32 Å². The molecule has 0 aromatic heterocycles. The Morgan fingerprint density at radius 2 is 2.11 bits per heavy atom. The van der Waals surface area contributed by atoms with Crippen molar-refractivity contribution in [3.05, 3.63) is 23.8 Å². The lowest BCUT2D eigenvalue weighted by molar-refractivity contribution is -0.139. The Bertz CT molecular complexity index is 472. The average molecular weight is 267 g/mol. The van der Waals surface area contributed by atoms with Gasteiger partial charge >= 0.3 is 5.97 Å². The summed E-state index contributed by atoms with van der Waals surface area (Å²) in [5, 5.41) is 21.0. The minimum atomic E-state index is -1.09. The summed E-state index contributed by atoms with van der Waals surface area (Å²) in [6.07, 6.45) is 0.962. The average Bonchev–Trinajstić information content (AvgIpc) is 2.37. The van der Waals surface area contributed by atoms with Crippen LogP contribution in [0.3, 0.4) is 0 Å². The van der Waals surface area contributed by atoms with Crippen molar-refractivity contribution in [2.24, 2.45) is 0 Å². The number of phenolic OH excluding ortho intramolecular Hbond substituents is 1. The highest BCUT2D eigenvalue weighted by molar-refractivity contribution is 5.98. The van der Waals surface area contributed by atoms with Crippen molar-refractivity contribution in [2.45, 2.75) is 25.8 Å². The second-order valence-corrected chi connectivity index (χ2v) is 4.04. The smallest absolute Gasteiger partial charge is 0.326 e. The lowest BCUT2D eigenvalue weighted by atomic mass is 10.1. The van der Waals surface area contributed by atoms with Gasteiger partial charge in [-0.1, -0.05) is 13.3 Å². The maximum atomic E-state index is 11.9. The van der Waals surface area contributed by atoms with Gasteiger partial charge in [-0.2, -0.15) is 0 Å². The van der Waals surface area contributed by atoms with E-state index in [1.165, 1.54) is 25.3 Å². The molecule has 0 radical (unpaired) electrons. The molecule has 0 aliphatic heterocycles. The molecule has 6 nitrogen and oxygen atoms in total. The highest BCUT2D eigenvalue weighted by Gasteiger charge is 2.21. The number of amides is 1. The topological polar surface area (TPSA) is 95.9 Å². The van der Waals surface area contributed by atoms with Crippen LogP contribution in [0.1, 0.15) is 30.1 Å². The highest BCUT2D eigenvalue weighted by Crippen LogP contribution is 2.23. The Hall–Kier alpha value is -2.24. The third-order valence-electron chi connectivity index (χ3n) is 2.63. The van der Waals surface area contributed by atoms with E-state index in [-0.39, 0.29) is 11.3 Å². The number of carboxylic acids is 1. The fraction of sp³-hybridized carbons (Fsp3) is 0.385. The van der Waals surface area contributed by atoms with E-state index in [9.17, 15) is 14.7 Å². The van der Waals surface area contributed by atoms with E-state index in [1.54, 1.807) is 0 Å². The quantitative estimate of drug-likeness (QED) is 0.723. The van der Waals surface area contributed by atoms with E-state index in [1.807, 2.05) is 6.92 Å². The Morgan fingerprint density at radius 1 is 1.42 bits per heavy atom. The van der Waals surface area contributed by atoms with E-state index in [2.05, 4.69) is 5.32 Å². The summed E-state index contributed by atoms with van der Waals surface area (Å²) in [6.45, 7) is 1.83. The van der Waals surface area contributed by atoms with Crippen LogP contribution in [0.25, 0.3) is 0 Å². The Kier molecular flexibility index (Phi) is 5.17. The maximum Gasteiger partial charge on any atom is 0.326 e. The predicted molar refractivity (Wildman–Crippen MR) is 68.5 cm³/mol. The van der Waals surface area contributed by atoms with Crippen molar-refractivity contribution in [1.29, 1.82) is 0 Å². The van der Waals surface area contributed by atoms with Gasteiger partial charge in [0.25, 0.3) is 5.91 Å². The monoisotopic (exact) mass is 267 g/mol. The number of benzene rings is 1. The number of aromatic hydroxyl groups is 1. The zero-order chi connectivity index (χ0) is 14.4. The van der Waals surface area contributed by atoms with Crippen LogP contribution in [0.2, 0.25) is 0 Å². The molecule has 0 saturated heterocycles. The lowest BCUT2D eigenvalue weighted by Crippen LogP contribution is -2.40. The van der Waals surface area contributed by atoms with Crippen LogP contribution in [-0.4, -0.2) is 35.2 Å². The molecule has 0 unspecified atom stereocenters. The number of carbonyl (C=O) groups is 2. The number of aliphatic carboxylic acids is 1. The predicted octanol–water partition coefficient (Wildman–Crippen LogP) is 1.38. The number of hydrogen-bond acceptors (Lipinski definition) is 4. The second-order valence-electron chi connectivity index (χ2n) is 4.04. The first kappa shape index (κ1) is 14.8. The Labute approximate surface area is 111 Å². The van der Waals surface area contributed by atoms with Crippen LogP contribution in [0.4, 0.5) is 0 Å². The number of phenols is 1. The third kappa shape index (κ3) is 3.87. The van der Waals surface area contributed by atoms with Crippen LogP contribution >= 0.6 is 0 Å². The molecule has 1 aromatic carbocycles. The number of rotatable bonds is 6. The van der Waals surface area contributed by atoms with Gasteiger partial charge in [-0.15, -0.1) is 0 Å². The number of ether oxygens (including phenoxy) is 1. The standard InChI is InChI=1S/C13H17NO5/c1-3-4-10(13(17)18)14-12(16)9-6-5-8(19-2)7-11(9)15/h5-7,10,15H,3-4H2,1-2H3,(H,14,16)(H,17,18)/t10-/m0/s1. The van der Waals surface area contributed by atoms with Crippen LogP contribution < -0.4 is 10.1 Å². The number of nitrogens with one attached hydrogen (secondary N) is 1. The van der Waals surface area contributed by atoms with Gasteiger partial charge in [0, 0.05) is 6.07 Å². The molecule has 1 rings (SSSR count). The van der Waals surface area contributed by atoms with E-state index >= 15 is 0 Å². The molecule has 0 fully saturated rings. The van der Waals surface area contributed by atoms with E-state index in [0.717, 1.165) is 0 Å². The lowest BCUT2D eigenvalue weighted by Gasteiger charge is -2.14. The van der Waals surface area contributed by atoms with Gasteiger partial charge in [-0.3, -0.25) is 4.79 Å². The largest absolute Gasteiger partial charge is 0.507 e. The molecule has 0 aliphatic carbocycles. The number of carbonyl (C=O) groups excluding carboxylic acids is 1. The van der Waals surface area contributed by atoms with Crippen LogP contribution in [0, 0.1) is 0 Å². The van der Waals surface area contributed by atoms with E-state index < -0.39 is 17.9 Å². The minimum absolute atomic E-state index is 0.0168. The SMILES string of the molecule is CCC[C@H](NC(=O)c1ccc(OC)cc1O)C(=O)O. The van der Waals surface area contributed by atoms with Gasteiger partial charge in [0.05, 0.1) is 12.7 Å². The van der Waals surface area contributed by atoms with Gasteiger partial charge in [0.15, 0.2) is 0 Å². The second kappa shape index (κ2) is 6.63. The molecule has 1 amide bonds. The third-order valence-corrected chi connectivity index (χ3v) is 2.63. The number of carboxylic acid groups (broad SMARTS) is 1. The molecule has 0 saturated carbocycles. The van der Waals surface area contributed by atoms with E-state index in [0.29, 0.717) is 18.6 Å². The number of hydrogen-bond donors (Lipinski definition) is 3. The molecular weight excluding hydrogens is 250 g/mol. The molecule has 0 bridgehead atoms. The Balaban J connectivity index is 2.85. The van der Waals surface area contributed by atoms with Crippen LogP contribution in [-0.2, 0) is 4.79 Å². The van der Waals surface area contributed by atoms with Crippen molar-refractivity contribution < 1.29 is 24.5 Å². The van der Waals surface area contributed by atoms with Crippen molar-refractivity contribution in [3.63, 3.8) is 0 Å². The molecule has 0 heterocycles. The first-order valence-electron chi connectivity index (χ1n) is 5.90. The summed E-state index contributed by atoms with van der Waals surface area (Å²) in [7, 11) is 1.44. The summed E-state index contributed by atoms with van der Waals surface area (Å²) >= 11 is 0. The van der Waals surface area contributed by atoms with Crippen molar-refractivity contribution in [2.75, 3.05) is 7.11 Å². The molecule has 3 N–H and O–H groups in total. The summed E-state index contributed by atoms with van der Waals surface area (Å²) in [4.78, 5) is 22.8. The summed E-state index contributed by atoms with van der Waals surface area (Å²) in [5.41, 5.74) is 0.0168. The zero-order valence-corrected chi connectivity index (χ0v) is 10.8. The molecule has 0 aliphatic rings.